The number of hydrogen-bond donors (Lipinski definition) is 2. The Morgan fingerprint density at radius 2 is 1.95 bits per heavy atom. The van der Waals surface area contributed by atoms with E-state index >= 15 is 0 Å². The molecule has 0 fully saturated rings. The van der Waals surface area contributed by atoms with Gasteiger partial charge in [0.25, 0.3) is 0 Å². The summed E-state index contributed by atoms with van der Waals surface area (Å²) in [4.78, 5) is 22.7. The molecule has 21 heavy (non-hydrogen) atoms. The van der Waals surface area contributed by atoms with Gasteiger partial charge in [-0.05, 0) is 35.6 Å². The normalized spacial score (nSPS) is 10.4. The van der Waals surface area contributed by atoms with Gasteiger partial charge in [-0.15, -0.1) is 11.3 Å². The van der Waals surface area contributed by atoms with Gasteiger partial charge >= 0.3 is 5.97 Å². The standard InChI is InChI=1S/C14H11F2NO3S/c15-9-3-1-8(7-10(9)16)2-4-12(18)17-11-5-6-21-13(11)14(19)20/h1,3,5-7H,2,4H2,(H,17,18)(H,19,20). The molecule has 1 heterocycles. The lowest BCUT2D eigenvalue weighted by Crippen LogP contribution is -2.13. The van der Waals surface area contributed by atoms with Crippen molar-refractivity contribution in [3.05, 3.63) is 51.7 Å². The molecule has 2 N–H and O–H groups in total. The Labute approximate surface area is 123 Å². The number of aromatic carboxylic acids is 1. The van der Waals surface area contributed by atoms with Gasteiger partial charge < -0.3 is 10.4 Å². The molecule has 1 amide bonds. The second-order valence-electron chi connectivity index (χ2n) is 4.27. The number of thiophene rings is 1. The maximum atomic E-state index is 13.0. The van der Waals surface area contributed by atoms with Crippen molar-refractivity contribution in [3.63, 3.8) is 0 Å². The molecule has 0 atom stereocenters. The molecule has 0 unspecified atom stereocenters. The predicted octanol–water partition coefficient (Wildman–Crippen LogP) is 3.30. The van der Waals surface area contributed by atoms with Gasteiger partial charge in [-0.1, -0.05) is 6.07 Å². The summed E-state index contributed by atoms with van der Waals surface area (Å²) in [6.07, 6.45) is 0.273. The highest BCUT2D eigenvalue weighted by Crippen LogP contribution is 2.22. The van der Waals surface area contributed by atoms with Gasteiger partial charge in [0.1, 0.15) is 4.88 Å². The summed E-state index contributed by atoms with van der Waals surface area (Å²) in [6, 6.07) is 4.95. The summed E-state index contributed by atoms with van der Waals surface area (Å²) in [6.45, 7) is 0. The summed E-state index contributed by atoms with van der Waals surface area (Å²) in [5.41, 5.74) is 0.732. The smallest absolute Gasteiger partial charge is 0.348 e. The molecule has 110 valence electrons. The highest BCUT2D eigenvalue weighted by atomic mass is 32.1. The van der Waals surface area contributed by atoms with Crippen molar-refractivity contribution in [1.29, 1.82) is 0 Å². The topological polar surface area (TPSA) is 66.4 Å². The predicted molar refractivity (Wildman–Crippen MR) is 74.6 cm³/mol. The summed E-state index contributed by atoms with van der Waals surface area (Å²) in [5.74, 6) is -3.40. The fourth-order valence-electron chi connectivity index (χ4n) is 1.74. The summed E-state index contributed by atoms with van der Waals surface area (Å²) < 4.78 is 25.8. The molecule has 0 aliphatic rings. The van der Waals surface area contributed by atoms with Crippen LogP contribution in [0.15, 0.2) is 29.6 Å². The van der Waals surface area contributed by atoms with Crippen LogP contribution in [-0.4, -0.2) is 17.0 Å². The largest absolute Gasteiger partial charge is 0.477 e. The third-order valence-electron chi connectivity index (χ3n) is 2.76. The molecule has 0 saturated carbocycles. The van der Waals surface area contributed by atoms with Crippen LogP contribution in [-0.2, 0) is 11.2 Å². The molecule has 7 heteroatoms. The van der Waals surface area contributed by atoms with E-state index in [4.69, 9.17) is 5.11 Å². The summed E-state index contributed by atoms with van der Waals surface area (Å²) in [7, 11) is 0. The van der Waals surface area contributed by atoms with Gasteiger partial charge in [-0.25, -0.2) is 13.6 Å². The van der Waals surface area contributed by atoms with Crippen LogP contribution in [0.5, 0.6) is 0 Å². The zero-order valence-electron chi connectivity index (χ0n) is 10.7. The Hall–Kier alpha value is -2.28. The lowest BCUT2D eigenvalue weighted by atomic mass is 10.1. The first kappa shape index (κ1) is 15.1. The summed E-state index contributed by atoms with van der Waals surface area (Å²) in [5, 5.41) is 13.0. The van der Waals surface area contributed by atoms with Crippen molar-refractivity contribution >= 4 is 28.9 Å². The minimum atomic E-state index is -1.11. The first-order valence-electron chi connectivity index (χ1n) is 6.02. The highest BCUT2D eigenvalue weighted by molar-refractivity contribution is 7.12. The van der Waals surface area contributed by atoms with Gasteiger partial charge in [-0.3, -0.25) is 4.79 Å². The van der Waals surface area contributed by atoms with Gasteiger partial charge in [0.2, 0.25) is 5.91 Å². The first-order chi connectivity index (χ1) is 9.97. The molecule has 2 rings (SSSR count). The number of amides is 1. The zero-order chi connectivity index (χ0) is 15.4. The SMILES string of the molecule is O=C(CCc1ccc(F)c(F)c1)Nc1ccsc1C(=O)O. The van der Waals surface area contributed by atoms with E-state index < -0.39 is 17.6 Å². The van der Waals surface area contributed by atoms with Crippen LogP contribution in [0.3, 0.4) is 0 Å². The Kier molecular flexibility index (Phi) is 4.64. The number of benzene rings is 1. The minimum Gasteiger partial charge on any atom is -0.477 e. The number of nitrogens with one attached hydrogen (secondary N) is 1. The number of halogens is 2. The first-order valence-corrected chi connectivity index (χ1v) is 6.90. The average molecular weight is 311 g/mol. The van der Waals surface area contributed by atoms with Crippen LogP contribution < -0.4 is 5.32 Å². The molecule has 1 aromatic heterocycles. The second-order valence-corrected chi connectivity index (χ2v) is 5.18. The number of aryl methyl sites for hydroxylation is 1. The van der Waals surface area contributed by atoms with E-state index in [9.17, 15) is 18.4 Å². The molecule has 1 aromatic carbocycles. The van der Waals surface area contributed by atoms with Crippen molar-refractivity contribution in [2.45, 2.75) is 12.8 Å². The third-order valence-corrected chi connectivity index (χ3v) is 3.66. The molecule has 0 saturated heterocycles. The number of anilines is 1. The van der Waals surface area contributed by atoms with Gasteiger partial charge in [-0.2, -0.15) is 0 Å². The Balaban J connectivity index is 1.94. The van der Waals surface area contributed by atoms with E-state index in [1.54, 1.807) is 5.38 Å². The van der Waals surface area contributed by atoms with Crippen LogP contribution >= 0.6 is 11.3 Å². The van der Waals surface area contributed by atoms with E-state index in [0.717, 1.165) is 23.5 Å². The molecule has 0 aliphatic heterocycles. The molecule has 0 bridgehead atoms. The van der Waals surface area contributed by atoms with Crippen molar-refractivity contribution in [1.82, 2.24) is 0 Å². The van der Waals surface area contributed by atoms with Crippen LogP contribution in [0.2, 0.25) is 0 Å². The second kappa shape index (κ2) is 6.45. The fourth-order valence-corrected chi connectivity index (χ4v) is 2.43. The molecule has 0 spiro atoms. The molecular weight excluding hydrogens is 300 g/mol. The fraction of sp³-hybridized carbons (Fsp3) is 0.143. The number of rotatable bonds is 5. The maximum Gasteiger partial charge on any atom is 0.348 e. The van der Waals surface area contributed by atoms with E-state index in [-0.39, 0.29) is 29.3 Å². The van der Waals surface area contributed by atoms with Crippen molar-refractivity contribution < 1.29 is 23.5 Å². The number of hydrogen-bond acceptors (Lipinski definition) is 3. The quantitative estimate of drug-likeness (QED) is 0.890. The van der Waals surface area contributed by atoms with Crippen LogP contribution in [0.1, 0.15) is 21.7 Å². The van der Waals surface area contributed by atoms with E-state index in [1.165, 1.54) is 12.1 Å². The summed E-state index contributed by atoms with van der Waals surface area (Å²) >= 11 is 1.01. The van der Waals surface area contributed by atoms with E-state index in [0.29, 0.717) is 5.56 Å². The van der Waals surface area contributed by atoms with Crippen molar-refractivity contribution in [3.8, 4) is 0 Å². The number of carboxylic acids is 1. The van der Waals surface area contributed by atoms with Gasteiger partial charge in [0.05, 0.1) is 5.69 Å². The molecular formula is C14H11F2NO3S. The number of carbonyl (C=O) groups is 2. The molecule has 2 aromatic rings. The minimum absolute atomic E-state index is 0.0416. The zero-order valence-corrected chi connectivity index (χ0v) is 11.5. The van der Waals surface area contributed by atoms with E-state index in [2.05, 4.69) is 5.32 Å². The molecule has 4 nitrogen and oxygen atoms in total. The van der Waals surface area contributed by atoms with Gasteiger partial charge in [0, 0.05) is 6.42 Å². The van der Waals surface area contributed by atoms with Crippen LogP contribution in [0.25, 0.3) is 0 Å². The highest BCUT2D eigenvalue weighted by Gasteiger charge is 2.14. The molecule has 0 radical (unpaired) electrons. The number of carbonyl (C=O) groups excluding carboxylic acids is 1. The Bertz CT molecular complexity index is 685. The van der Waals surface area contributed by atoms with Crippen molar-refractivity contribution in [2.24, 2.45) is 0 Å². The average Bonchev–Trinajstić information content (AvgIpc) is 2.88. The van der Waals surface area contributed by atoms with Crippen LogP contribution in [0, 0.1) is 11.6 Å². The Morgan fingerprint density at radius 1 is 1.19 bits per heavy atom. The lowest BCUT2D eigenvalue weighted by Gasteiger charge is -2.05. The number of carboxylic acid groups (broad SMARTS) is 1. The molecule has 0 aliphatic carbocycles. The van der Waals surface area contributed by atoms with Gasteiger partial charge in [0.15, 0.2) is 11.6 Å². The monoisotopic (exact) mass is 311 g/mol. The van der Waals surface area contributed by atoms with Crippen molar-refractivity contribution in [2.75, 3.05) is 5.32 Å². The third kappa shape index (κ3) is 3.85. The maximum absolute atomic E-state index is 13.0. The van der Waals surface area contributed by atoms with Crippen LogP contribution in [0.4, 0.5) is 14.5 Å². The lowest BCUT2D eigenvalue weighted by molar-refractivity contribution is -0.116. The van der Waals surface area contributed by atoms with E-state index in [1.807, 2.05) is 0 Å². The Morgan fingerprint density at radius 3 is 2.62 bits per heavy atom.